The van der Waals surface area contributed by atoms with Crippen LogP contribution in [0, 0.1) is 0 Å². The highest BCUT2D eigenvalue weighted by Gasteiger charge is 2.26. The van der Waals surface area contributed by atoms with Gasteiger partial charge in [0.2, 0.25) is 10.0 Å². The highest BCUT2D eigenvalue weighted by atomic mass is 32.2. The molecule has 0 unspecified atom stereocenters. The zero-order valence-corrected chi connectivity index (χ0v) is 13.7. The Morgan fingerprint density at radius 3 is 2.61 bits per heavy atom. The van der Waals surface area contributed by atoms with Gasteiger partial charge in [0.15, 0.2) is 11.5 Å². The van der Waals surface area contributed by atoms with Crippen molar-refractivity contribution in [3.05, 3.63) is 42.4 Å². The number of fused-ring (bicyclic) bond motifs is 1. The van der Waals surface area contributed by atoms with E-state index in [0.29, 0.717) is 37.0 Å². The maximum absolute atomic E-state index is 12.8. The third kappa shape index (κ3) is 3.35. The van der Waals surface area contributed by atoms with E-state index in [1.807, 2.05) is 0 Å². The largest absolute Gasteiger partial charge is 0.490 e. The van der Waals surface area contributed by atoms with Gasteiger partial charge >= 0.3 is 0 Å². The number of nitrogens with zero attached hydrogens (tertiary/aromatic N) is 1. The number of hydrogen-bond donors (Lipinski definition) is 0. The van der Waals surface area contributed by atoms with Gasteiger partial charge in [0.25, 0.3) is 0 Å². The van der Waals surface area contributed by atoms with Gasteiger partial charge in [0.05, 0.1) is 30.9 Å². The fourth-order valence-electron chi connectivity index (χ4n) is 2.40. The molecule has 0 spiro atoms. The molecule has 0 atom stereocenters. The van der Waals surface area contributed by atoms with E-state index in [2.05, 4.69) is 0 Å². The summed E-state index contributed by atoms with van der Waals surface area (Å²) in [5.74, 6) is 1.65. The molecule has 0 saturated carbocycles. The standard InChI is InChI=1S/C16H19NO5S/c1-2-17(12-13-5-3-8-20-13)23(18,19)14-6-7-15-16(11-14)22-10-4-9-21-15/h3,5-8,11H,2,4,9-10,12H2,1H3. The fourth-order valence-corrected chi connectivity index (χ4v) is 3.83. The van der Waals surface area contributed by atoms with Gasteiger partial charge in [-0.2, -0.15) is 4.31 Å². The van der Waals surface area contributed by atoms with Crippen molar-refractivity contribution in [2.24, 2.45) is 0 Å². The molecular weight excluding hydrogens is 318 g/mol. The number of furan rings is 1. The average molecular weight is 337 g/mol. The summed E-state index contributed by atoms with van der Waals surface area (Å²) in [6.07, 6.45) is 2.31. The molecule has 6 nitrogen and oxygen atoms in total. The van der Waals surface area contributed by atoms with Crippen LogP contribution in [0.25, 0.3) is 0 Å². The molecule has 0 aliphatic carbocycles. The van der Waals surface area contributed by atoms with Crippen LogP contribution in [0.2, 0.25) is 0 Å². The monoisotopic (exact) mass is 337 g/mol. The molecule has 23 heavy (non-hydrogen) atoms. The minimum absolute atomic E-state index is 0.190. The van der Waals surface area contributed by atoms with E-state index in [9.17, 15) is 8.42 Å². The van der Waals surface area contributed by atoms with Gasteiger partial charge in [-0.25, -0.2) is 8.42 Å². The highest BCUT2D eigenvalue weighted by Crippen LogP contribution is 2.33. The Kier molecular flexibility index (Phi) is 4.58. The van der Waals surface area contributed by atoms with Gasteiger partial charge in [-0.1, -0.05) is 6.92 Å². The zero-order valence-electron chi connectivity index (χ0n) is 12.9. The molecule has 1 aliphatic heterocycles. The highest BCUT2D eigenvalue weighted by molar-refractivity contribution is 7.89. The van der Waals surface area contributed by atoms with Crippen molar-refractivity contribution in [2.45, 2.75) is 24.8 Å². The number of benzene rings is 1. The second kappa shape index (κ2) is 6.64. The Hall–Kier alpha value is -1.99. The van der Waals surface area contributed by atoms with E-state index in [-0.39, 0.29) is 11.4 Å². The second-order valence-electron chi connectivity index (χ2n) is 5.17. The molecule has 1 aliphatic rings. The first-order valence-electron chi connectivity index (χ1n) is 7.53. The topological polar surface area (TPSA) is 69.0 Å². The van der Waals surface area contributed by atoms with E-state index in [1.165, 1.54) is 16.6 Å². The van der Waals surface area contributed by atoms with Crippen LogP contribution >= 0.6 is 0 Å². The van der Waals surface area contributed by atoms with Gasteiger partial charge in [0.1, 0.15) is 5.76 Å². The molecule has 0 saturated heterocycles. The Morgan fingerprint density at radius 2 is 1.91 bits per heavy atom. The molecule has 2 aromatic rings. The van der Waals surface area contributed by atoms with Crippen LogP contribution in [0.15, 0.2) is 45.9 Å². The lowest BCUT2D eigenvalue weighted by molar-refractivity contribution is 0.296. The summed E-state index contributed by atoms with van der Waals surface area (Å²) in [4.78, 5) is 0.190. The molecule has 124 valence electrons. The van der Waals surface area contributed by atoms with Crippen molar-refractivity contribution >= 4 is 10.0 Å². The van der Waals surface area contributed by atoms with E-state index < -0.39 is 10.0 Å². The second-order valence-corrected chi connectivity index (χ2v) is 7.11. The van der Waals surface area contributed by atoms with Crippen LogP contribution in [-0.2, 0) is 16.6 Å². The molecule has 0 amide bonds. The number of rotatable bonds is 5. The summed E-state index contributed by atoms with van der Waals surface area (Å²) in [5, 5.41) is 0. The summed E-state index contributed by atoms with van der Waals surface area (Å²) >= 11 is 0. The third-order valence-electron chi connectivity index (χ3n) is 3.62. The van der Waals surface area contributed by atoms with Gasteiger partial charge < -0.3 is 13.9 Å². The maximum Gasteiger partial charge on any atom is 0.243 e. The molecule has 7 heteroatoms. The molecule has 2 heterocycles. The van der Waals surface area contributed by atoms with Crippen LogP contribution in [0.3, 0.4) is 0 Å². The number of hydrogen-bond acceptors (Lipinski definition) is 5. The predicted octanol–water partition coefficient (Wildman–Crippen LogP) is 2.65. The zero-order chi connectivity index (χ0) is 16.3. The number of ether oxygens (including phenoxy) is 2. The van der Waals surface area contributed by atoms with Crippen molar-refractivity contribution < 1.29 is 22.3 Å². The normalized spacial score (nSPS) is 14.7. The van der Waals surface area contributed by atoms with Crippen molar-refractivity contribution in [3.8, 4) is 11.5 Å². The molecule has 3 rings (SSSR count). The summed E-state index contributed by atoms with van der Waals surface area (Å²) in [6.45, 7) is 3.42. The Bertz CT molecular complexity index is 755. The van der Waals surface area contributed by atoms with Gasteiger partial charge in [-0.3, -0.25) is 0 Å². The van der Waals surface area contributed by atoms with E-state index >= 15 is 0 Å². The van der Waals surface area contributed by atoms with Crippen molar-refractivity contribution in [2.75, 3.05) is 19.8 Å². The molecule has 0 fully saturated rings. The van der Waals surface area contributed by atoms with Crippen molar-refractivity contribution in [3.63, 3.8) is 0 Å². The van der Waals surface area contributed by atoms with Gasteiger partial charge in [-0.15, -0.1) is 0 Å². The molecule has 0 N–H and O–H groups in total. The van der Waals surface area contributed by atoms with Crippen LogP contribution in [0.5, 0.6) is 11.5 Å². The summed E-state index contributed by atoms with van der Waals surface area (Å²) < 4.78 is 43.4. The molecular formula is C16H19NO5S. The lowest BCUT2D eigenvalue weighted by Crippen LogP contribution is -2.30. The van der Waals surface area contributed by atoms with Gasteiger partial charge in [-0.05, 0) is 24.3 Å². The third-order valence-corrected chi connectivity index (χ3v) is 5.54. The lowest BCUT2D eigenvalue weighted by Gasteiger charge is -2.20. The molecule has 1 aromatic heterocycles. The minimum Gasteiger partial charge on any atom is -0.490 e. The van der Waals surface area contributed by atoms with Crippen LogP contribution in [0.4, 0.5) is 0 Å². The Labute approximate surface area is 135 Å². The molecule has 0 radical (unpaired) electrons. The summed E-state index contributed by atoms with van der Waals surface area (Å²) in [7, 11) is -3.63. The van der Waals surface area contributed by atoms with Crippen LogP contribution in [0.1, 0.15) is 19.1 Å². The SMILES string of the molecule is CCN(Cc1ccco1)S(=O)(=O)c1ccc2c(c1)OCCCO2. The summed E-state index contributed by atoms with van der Waals surface area (Å²) in [5.41, 5.74) is 0. The lowest BCUT2D eigenvalue weighted by atomic mass is 10.3. The Morgan fingerprint density at radius 1 is 1.13 bits per heavy atom. The smallest absolute Gasteiger partial charge is 0.243 e. The predicted molar refractivity (Wildman–Crippen MR) is 84.0 cm³/mol. The Balaban J connectivity index is 1.90. The number of sulfonamides is 1. The quantitative estimate of drug-likeness (QED) is 0.839. The molecule has 1 aromatic carbocycles. The first kappa shape index (κ1) is 15.9. The van der Waals surface area contributed by atoms with E-state index in [1.54, 1.807) is 31.2 Å². The van der Waals surface area contributed by atoms with E-state index in [4.69, 9.17) is 13.9 Å². The molecule has 0 bridgehead atoms. The van der Waals surface area contributed by atoms with Crippen LogP contribution in [-0.4, -0.2) is 32.5 Å². The van der Waals surface area contributed by atoms with Gasteiger partial charge in [0, 0.05) is 19.0 Å². The average Bonchev–Trinajstić information content (AvgIpc) is 2.95. The fraction of sp³-hybridized carbons (Fsp3) is 0.375. The minimum atomic E-state index is -3.63. The first-order chi connectivity index (χ1) is 11.1. The summed E-state index contributed by atoms with van der Waals surface area (Å²) in [6, 6.07) is 8.22. The maximum atomic E-state index is 12.8. The first-order valence-corrected chi connectivity index (χ1v) is 8.97. The van der Waals surface area contributed by atoms with Crippen molar-refractivity contribution in [1.29, 1.82) is 0 Å². The van der Waals surface area contributed by atoms with Crippen molar-refractivity contribution in [1.82, 2.24) is 4.31 Å². The van der Waals surface area contributed by atoms with Crippen LogP contribution < -0.4 is 9.47 Å². The van der Waals surface area contributed by atoms with E-state index in [0.717, 1.165) is 6.42 Å².